The number of rotatable bonds is 6. The fraction of sp³-hybridized carbons (Fsp3) is 0.667. The van der Waals surface area contributed by atoms with Gasteiger partial charge in [-0.25, -0.2) is 9.97 Å². The molecule has 0 amide bonds. The quantitative estimate of drug-likeness (QED) is 0.846. The topological polar surface area (TPSA) is 49.8 Å². The van der Waals surface area contributed by atoms with Gasteiger partial charge in [0.1, 0.15) is 22.4 Å². The van der Waals surface area contributed by atoms with Crippen molar-refractivity contribution in [2.75, 3.05) is 23.7 Å². The Morgan fingerprint density at radius 1 is 1.29 bits per heavy atom. The van der Waals surface area contributed by atoms with Gasteiger partial charge in [0.15, 0.2) is 0 Å². The monoisotopic (exact) mass is 298 g/mol. The number of nitrogens with zero attached hydrogens (tertiary/aromatic N) is 2. The molecular formula is C12H19BrN4. The Bertz CT molecular complexity index is 390. The predicted octanol–water partition coefficient (Wildman–Crippen LogP) is 3.27. The first-order valence-electron chi connectivity index (χ1n) is 6.13. The summed E-state index contributed by atoms with van der Waals surface area (Å²) >= 11 is 3.55. The zero-order valence-electron chi connectivity index (χ0n) is 10.4. The minimum Gasteiger partial charge on any atom is -0.369 e. The maximum atomic E-state index is 4.27. The molecule has 0 radical (unpaired) electrons. The van der Waals surface area contributed by atoms with Gasteiger partial charge in [-0.15, -0.1) is 0 Å². The molecule has 0 spiro atoms. The highest BCUT2D eigenvalue weighted by Crippen LogP contribution is 2.45. The number of halogens is 1. The largest absolute Gasteiger partial charge is 0.369 e. The third kappa shape index (κ3) is 3.31. The van der Waals surface area contributed by atoms with Gasteiger partial charge in [-0.1, -0.05) is 13.8 Å². The number of nitrogens with one attached hydrogen (secondary N) is 2. The normalized spacial score (nSPS) is 16.6. The zero-order chi connectivity index (χ0) is 12.3. The molecule has 2 N–H and O–H groups in total. The molecule has 1 aromatic heterocycles. The molecule has 0 saturated heterocycles. The van der Waals surface area contributed by atoms with Crippen LogP contribution in [-0.4, -0.2) is 23.1 Å². The van der Waals surface area contributed by atoms with E-state index in [9.17, 15) is 0 Å². The molecule has 94 valence electrons. The molecule has 0 bridgehead atoms. The van der Waals surface area contributed by atoms with Gasteiger partial charge >= 0.3 is 0 Å². The SMILES string of the molecule is CCCNc1ncnc(NCC2(C)CC2)c1Br. The van der Waals surface area contributed by atoms with Crippen LogP contribution >= 0.6 is 15.9 Å². The first-order valence-corrected chi connectivity index (χ1v) is 6.92. The highest BCUT2D eigenvalue weighted by atomic mass is 79.9. The zero-order valence-corrected chi connectivity index (χ0v) is 12.0. The Balaban J connectivity index is 2.00. The van der Waals surface area contributed by atoms with Crippen LogP contribution in [0.25, 0.3) is 0 Å². The average molecular weight is 299 g/mol. The summed E-state index contributed by atoms with van der Waals surface area (Å²) in [6.45, 7) is 6.34. The summed E-state index contributed by atoms with van der Waals surface area (Å²) in [5.74, 6) is 1.75. The number of anilines is 2. The van der Waals surface area contributed by atoms with Crippen molar-refractivity contribution in [3.63, 3.8) is 0 Å². The van der Waals surface area contributed by atoms with Crippen LogP contribution < -0.4 is 10.6 Å². The van der Waals surface area contributed by atoms with Crippen LogP contribution in [0.5, 0.6) is 0 Å². The van der Waals surface area contributed by atoms with Gasteiger partial charge in [-0.2, -0.15) is 0 Å². The van der Waals surface area contributed by atoms with Crippen LogP contribution in [0.1, 0.15) is 33.1 Å². The number of aromatic nitrogens is 2. The van der Waals surface area contributed by atoms with Crippen molar-refractivity contribution in [2.45, 2.75) is 33.1 Å². The van der Waals surface area contributed by atoms with Gasteiger partial charge in [-0.05, 0) is 40.6 Å². The molecule has 0 aromatic carbocycles. The van der Waals surface area contributed by atoms with E-state index in [1.165, 1.54) is 12.8 Å². The number of hydrogen-bond acceptors (Lipinski definition) is 4. The summed E-state index contributed by atoms with van der Waals surface area (Å²) in [6.07, 6.45) is 5.30. The molecule has 17 heavy (non-hydrogen) atoms. The van der Waals surface area contributed by atoms with E-state index in [0.29, 0.717) is 5.41 Å². The van der Waals surface area contributed by atoms with Crippen LogP contribution in [-0.2, 0) is 0 Å². The molecule has 2 rings (SSSR count). The van der Waals surface area contributed by atoms with Crippen molar-refractivity contribution in [3.8, 4) is 0 Å². The van der Waals surface area contributed by atoms with Crippen LogP contribution in [0.15, 0.2) is 10.8 Å². The minimum atomic E-state index is 0.474. The van der Waals surface area contributed by atoms with E-state index in [2.05, 4.69) is 50.4 Å². The van der Waals surface area contributed by atoms with E-state index in [0.717, 1.165) is 35.6 Å². The molecule has 4 nitrogen and oxygen atoms in total. The molecule has 0 aliphatic heterocycles. The molecule has 1 aliphatic rings. The molecule has 1 saturated carbocycles. The van der Waals surface area contributed by atoms with E-state index in [1.807, 2.05) is 0 Å². The second kappa shape index (κ2) is 5.21. The van der Waals surface area contributed by atoms with Crippen molar-refractivity contribution in [2.24, 2.45) is 5.41 Å². The maximum Gasteiger partial charge on any atom is 0.145 e. The van der Waals surface area contributed by atoms with E-state index in [4.69, 9.17) is 0 Å². The molecule has 0 unspecified atom stereocenters. The van der Waals surface area contributed by atoms with Crippen LogP contribution in [0.2, 0.25) is 0 Å². The molecule has 1 aromatic rings. The predicted molar refractivity (Wildman–Crippen MR) is 74.3 cm³/mol. The molecule has 1 fully saturated rings. The first-order chi connectivity index (χ1) is 8.14. The Labute approximate surface area is 111 Å². The van der Waals surface area contributed by atoms with Crippen LogP contribution in [0.3, 0.4) is 0 Å². The lowest BCUT2D eigenvalue weighted by molar-refractivity contribution is 0.609. The van der Waals surface area contributed by atoms with Crippen molar-refractivity contribution in [3.05, 3.63) is 10.8 Å². The second-order valence-corrected chi connectivity index (χ2v) is 5.77. The fourth-order valence-corrected chi connectivity index (χ4v) is 2.03. The summed E-state index contributed by atoms with van der Waals surface area (Å²) in [4.78, 5) is 8.50. The van der Waals surface area contributed by atoms with Gasteiger partial charge in [0.25, 0.3) is 0 Å². The van der Waals surface area contributed by atoms with Gasteiger partial charge in [-0.3, -0.25) is 0 Å². The average Bonchev–Trinajstić information content (AvgIpc) is 3.05. The Morgan fingerprint density at radius 2 is 1.94 bits per heavy atom. The molecular weight excluding hydrogens is 280 g/mol. The van der Waals surface area contributed by atoms with E-state index >= 15 is 0 Å². The molecule has 1 aliphatic carbocycles. The van der Waals surface area contributed by atoms with Gasteiger partial charge in [0.2, 0.25) is 0 Å². The van der Waals surface area contributed by atoms with E-state index in [-0.39, 0.29) is 0 Å². The van der Waals surface area contributed by atoms with Crippen molar-refractivity contribution >= 4 is 27.6 Å². The van der Waals surface area contributed by atoms with E-state index < -0.39 is 0 Å². The van der Waals surface area contributed by atoms with Gasteiger partial charge < -0.3 is 10.6 Å². The molecule has 1 heterocycles. The number of hydrogen-bond donors (Lipinski definition) is 2. The minimum absolute atomic E-state index is 0.474. The highest BCUT2D eigenvalue weighted by molar-refractivity contribution is 9.10. The Kier molecular flexibility index (Phi) is 3.86. The standard InChI is InChI=1S/C12H19BrN4/c1-3-6-14-10-9(13)11(17-8-16-10)15-7-12(2)4-5-12/h8H,3-7H2,1-2H3,(H2,14,15,16,17). The molecule has 5 heteroatoms. The first kappa shape index (κ1) is 12.6. The van der Waals surface area contributed by atoms with Crippen molar-refractivity contribution < 1.29 is 0 Å². The summed E-state index contributed by atoms with van der Waals surface area (Å²) in [5, 5.41) is 6.67. The summed E-state index contributed by atoms with van der Waals surface area (Å²) in [5.41, 5.74) is 0.474. The Morgan fingerprint density at radius 3 is 2.53 bits per heavy atom. The van der Waals surface area contributed by atoms with Gasteiger partial charge in [0, 0.05) is 13.1 Å². The summed E-state index contributed by atoms with van der Waals surface area (Å²) in [7, 11) is 0. The van der Waals surface area contributed by atoms with E-state index in [1.54, 1.807) is 6.33 Å². The van der Waals surface area contributed by atoms with Crippen LogP contribution in [0.4, 0.5) is 11.6 Å². The lowest BCUT2D eigenvalue weighted by Gasteiger charge is -2.13. The van der Waals surface area contributed by atoms with Crippen molar-refractivity contribution in [1.82, 2.24) is 9.97 Å². The van der Waals surface area contributed by atoms with Gasteiger partial charge in [0.05, 0.1) is 0 Å². The highest BCUT2D eigenvalue weighted by Gasteiger charge is 2.37. The Hall–Kier alpha value is -0.840. The smallest absolute Gasteiger partial charge is 0.145 e. The summed E-state index contributed by atoms with van der Waals surface area (Å²) < 4.78 is 0.928. The molecule has 0 atom stereocenters. The lowest BCUT2D eigenvalue weighted by Crippen LogP contribution is -2.14. The maximum absolute atomic E-state index is 4.27. The second-order valence-electron chi connectivity index (χ2n) is 4.98. The third-order valence-corrected chi connectivity index (χ3v) is 3.87. The van der Waals surface area contributed by atoms with Crippen LogP contribution in [0, 0.1) is 5.41 Å². The summed E-state index contributed by atoms with van der Waals surface area (Å²) in [6, 6.07) is 0. The van der Waals surface area contributed by atoms with Crippen molar-refractivity contribution in [1.29, 1.82) is 0 Å². The fourth-order valence-electron chi connectivity index (χ4n) is 1.55. The third-order valence-electron chi connectivity index (χ3n) is 3.12. The lowest BCUT2D eigenvalue weighted by atomic mass is 10.1.